The van der Waals surface area contributed by atoms with Gasteiger partial charge in [0.05, 0.1) is 6.61 Å². The van der Waals surface area contributed by atoms with Gasteiger partial charge in [-0.15, -0.1) is 0 Å². The van der Waals surface area contributed by atoms with Crippen molar-refractivity contribution < 1.29 is 18.6 Å². The average Bonchev–Trinajstić information content (AvgIpc) is 2.52. The summed E-state index contributed by atoms with van der Waals surface area (Å²) in [7, 11) is 0. The summed E-state index contributed by atoms with van der Waals surface area (Å²) in [6.07, 6.45) is 5.13. The summed E-state index contributed by atoms with van der Waals surface area (Å²) in [4.78, 5) is 0. The van der Waals surface area contributed by atoms with Crippen LogP contribution in [0.3, 0.4) is 0 Å². The lowest BCUT2D eigenvalue weighted by Gasteiger charge is -2.28. The van der Waals surface area contributed by atoms with Gasteiger partial charge in [0.25, 0.3) is 0 Å². The first kappa shape index (κ1) is 16.2. The summed E-state index contributed by atoms with van der Waals surface area (Å²) in [5, 5.41) is 9.14. The Kier molecular flexibility index (Phi) is 5.97. The van der Waals surface area contributed by atoms with Crippen molar-refractivity contribution in [1.29, 1.82) is 0 Å². The smallest absolute Gasteiger partial charge is 0.200 e. The number of rotatable bonds is 6. The van der Waals surface area contributed by atoms with E-state index in [1.165, 1.54) is 0 Å². The highest BCUT2D eigenvalue weighted by Gasteiger charge is 2.26. The van der Waals surface area contributed by atoms with Crippen molar-refractivity contribution in [3.63, 3.8) is 0 Å². The molecule has 0 spiro atoms. The maximum atomic E-state index is 14.2. The zero-order chi connectivity index (χ0) is 15.2. The molecule has 0 radical (unpaired) electrons. The molecule has 0 bridgehead atoms. The number of ether oxygens (including phenoxy) is 1. The second-order valence-corrected chi connectivity index (χ2v) is 5.88. The van der Waals surface area contributed by atoms with Crippen LogP contribution in [0.15, 0.2) is 12.1 Å². The summed E-state index contributed by atoms with van der Waals surface area (Å²) in [6, 6.07) is 3.20. The lowest BCUT2D eigenvalue weighted by atomic mass is 9.79. The molecule has 1 saturated carbocycles. The molecular formula is C17H24F2O2. The number of unbranched alkanes of at least 4 members (excludes halogenated alkanes) is 1. The van der Waals surface area contributed by atoms with Crippen LogP contribution >= 0.6 is 0 Å². The second-order valence-electron chi connectivity index (χ2n) is 5.88. The van der Waals surface area contributed by atoms with Crippen LogP contribution < -0.4 is 4.74 Å². The predicted molar refractivity (Wildman–Crippen MR) is 78.5 cm³/mol. The molecule has 118 valence electrons. The van der Waals surface area contributed by atoms with Gasteiger partial charge in [-0.05, 0) is 55.6 Å². The Morgan fingerprint density at radius 2 is 1.86 bits per heavy atom. The molecule has 1 fully saturated rings. The zero-order valence-electron chi connectivity index (χ0n) is 12.6. The Labute approximate surface area is 125 Å². The van der Waals surface area contributed by atoms with Crippen molar-refractivity contribution in [3.8, 4) is 5.75 Å². The molecule has 1 N–H and O–H groups in total. The van der Waals surface area contributed by atoms with E-state index in [9.17, 15) is 8.78 Å². The molecule has 0 saturated heterocycles. The normalized spacial score (nSPS) is 22.3. The van der Waals surface area contributed by atoms with Crippen LogP contribution in [0, 0.1) is 17.6 Å². The van der Waals surface area contributed by atoms with Crippen LogP contribution in [0.4, 0.5) is 8.78 Å². The Morgan fingerprint density at radius 1 is 1.14 bits per heavy atom. The first-order chi connectivity index (χ1) is 10.2. The van der Waals surface area contributed by atoms with E-state index in [-0.39, 0.29) is 18.3 Å². The number of hydrogen-bond donors (Lipinski definition) is 1. The minimum Gasteiger partial charge on any atom is -0.490 e. The van der Waals surface area contributed by atoms with E-state index in [1.54, 1.807) is 12.1 Å². The van der Waals surface area contributed by atoms with Gasteiger partial charge in [-0.1, -0.05) is 19.4 Å². The molecule has 1 aromatic rings. The molecule has 0 amide bonds. The molecule has 21 heavy (non-hydrogen) atoms. The highest BCUT2D eigenvalue weighted by atomic mass is 19.2. The summed E-state index contributed by atoms with van der Waals surface area (Å²) in [5.41, 5.74) is 0.451. The molecule has 2 nitrogen and oxygen atoms in total. The van der Waals surface area contributed by atoms with E-state index in [2.05, 4.69) is 0 Å². The van der Waals surface area contributed by atoms with Crippen molar-refractivity contribution in [2.75, 3.05) is 13.2 Å². The molecule has 1 aliphatic rings. The molecular weight excluding hydrogens is 274 g/mol. The standard InChI is InChI=1S/C17H24F2O2/c1-2-3-10-21-15-9-8-14(16(18)17(15)19)13-6-4-12(11-20)5-7-13/h8-9,12-13,20H,2-7,10-11H2,1H3/t12-,13-. The van der Waals surface area contributed by atoms with Crippen LogP contribution in [0.25, 0.3) is 0 Å². The largest absolute Gasteiger partial charge is 0.490 e. The third-order valence-electron chi connectivity index (χ3n) is 4.38. The first-order valence-corrected chi connectivity index (χ1v) is 7.88. The fourth-order valence-corrected chi connectivity index (χ4v) is 2.96. The Hall–Kier alpha value is -1.16. The molecule has 1 aliphatic carbocycles. The molecule has 1 aromatic carbocycles. The van der Waals surface area contributed by atoms with Crippen LogP contribution in [0.5, 0.6) is 5.75 Å². The molecule has 0 aromatic heterocycles. The Balaban J connectivity index is 2.06. The Bertz CT molecular complexity index is 454. The van der Waals surface area contributed by atoms with E-state index < -0.39 is 11.6 Å². The molecule has 0 atom stereocenters. The van der Waals surface area contributed by atoms with Crippen LogP contribution in [0.1, 0.15) is 56.9 Å². The van der Waals surface area contributed by atoms with Crippen molar-refractivity contribution >= 4 is 0 Å². The lowest BCUT2D eigenvalue weighted by molar-refractivity contribution is 0.181. The number of halogens is 2. The fourth-order valence-electron chi connectivity index (χ4n) is 2.96. The molecule has 0 aliphatic heterocycles. The van der Waals surface area contributed by atoms with Crippen molar-refractivity contribution in [3.05, 3.63) is 29.3 Å². The van der Waals surface area contributed by atoms with Crippen LogP contribution in [-0.4, -0.2) is 18.3 Å². The third-order valence-corrected chi connectivity index (χ3v) is 4.38. The van der Waals surface area contributed by atoms with Gasteiger partial charge in [0, 0.05) is 6.61 Å². The zero-order valence-corrected chi connectivity index (χ0v) is 12.6. The lowest BCUT2D eigenvalue weighted by Crippen LogP contribution is -2.17. The molecule has 0 heterocycles. The summed E-state index contributed by atoms with van der Waals surface area (Å²) in [5.74, 6) is -1.27. The van der Waals surface area contributed by atoms with Gasteiger partial charge in [-0.2, -0.15) is 4.39 Å². The minimum atomic E-state index is -0.868. The van der Waals surface area contributed by atoms with Crippen LogP contribution in [-0.2, 0) is 0 Å². The summed E-state index contributed by atoms with van der Waals surface area (Å²) >= 11 is 0. The summed E-state index contributed by atoms with van der Waals surface area (Å²) in [6.45, 7) is 2.62. The molecule has 4 heteroatoms. The number of benzene rings is 1. The maximum Gasteiger partial charge on any atom is 0.200 e. The number of aliphatic hydroxyl groups is 1. The van der Waals surface area contributed by atoms with Gasteiger partial charge < -0.3 is 9.84 Å². The van der Waals surface area contributed by atoms with Crippen molar-refractivity contribution in [2.24, 2.45) is 5.92 Å². The average molecular weight is 298 g/mol. The van der Waals surface area contributed by atoms with Crippen LogP contribution in [0.2, 0.25) is 0 Å². The van der Waals surface area contributed by atoms with Gasteiger partial charge in [0.2, 0.25) is 5.82 Å². The quantitative estimate of drug-likeness (QED) is 0.788. The fraction of sp³-hybridized carbons (Fsp3) is 0.647. The van der Waals surface area contributed by atoms with Gasteiger partial charge in [0.1, 0.15) is 0 Å². The van der Waals surface area contributed by atoms with Gasteiger partial charge in [-0.3, -0.25) is 0 Å². The SMILES string of the molecule is CCCCOc1ccc([C@H]2CC[C@H](CO)CC2)c(F)c1F. The number of aliphatic hydroxyl groups excluding tert-OH is 1. The van der Waals surface area contributed by atoms with Gasteiger partial charge in [-0.25, -0.2) is 4.39 Å². The second kappa shape index (κ2) is 7.74. The van der Waals surface area contributed by atoms with Crippen molar-refractivity contribution in [1.82, 2.24) is 0 Å². The topological polar surface area (TPSA) is 29.5 Å². The van der Waals surface area contributed by atoms with E-state index >= 15 is 0 Å². The molecule has 0 unspecified atom stereocenters. The van der Waals surface area contributed by atoms with E-state index in [0.717, 1.165) is 38.5 Å². The highest BCUT2D eigenvalue weighted by Crippen LogP contribution is 2.38. The third kappa shape index (κ3) is 3.94. The van der Waals surface area contributed by atoms with Gasteiger partial charge in [0.15, 0.2) is 11.6 Å². The first-order valence-electron chi connectivity index (χ1n) is 7.88. The highest BCUT2D eigenvalue weighted by molar-refractivity contribution is 5.33. The van der Waals surface area contributed by atoms with E-state index in [4.69, 9.17) is 9.84 Å². The maximum absolute atomic E-state index is 14.2. The predicted octanol–water partition coefficient (Wildman–Crippen LogP) is 4.41. The van der Waals surface area contributed by atoms with Gasteiger partial charge >= 0.3 is 0 Å². The molecule has 2 rings (SSSR count). The summed E-state index contributed by atoms with van der Waals surface area (Å²) < 4.78 is 33.6. The Morgan fingerprint density at radius 3 is 2.48 bits per heavy atom. The monoisotopic (exact) mass is 298 g/mol. The van der Waals surface area contributed by atoms with E-state index in [0.29, 0.717) is 18.1 Å². The van der Waals surface area contributed by atoms with Crippen molar-refractivity contribution in [2.45, 2.75) is 51.4 Å². The van der Waals surface area contributed by atoms with E-state index in [1.807, 2.05) is 6.92 Å². The minimum absolute atomic E-state index is 0.00810. The number of hydrogen-bond acceptors (Lipinski definition) is 2.